The van der Waals surface area contributed by atoms with Gasteiger partial charge < -0.3 is 9.30 Å². The van der Waals surface area contributed by atoms with E-state index in [0.29, 0.717) is 0 Å². The molecule has 1 unspecified atom stereocenters. The van der Waals surface area contributed by atoms with Gasteiger partial charge in [0.05, 0.1) is 6.61 Å². The molecule has 0 amide bonds. The highest BCUT2D eigenvalue weighted by atomic mass is 127. The highest BCUT2D eigenvalue weighted by Gasteiger charge is 2.37. The Bertz CT molecular complexity index is 332. The summed E-state index contributed by atoms with van der Waals surface area (Å²) in [5.41, 5.74) is 0. The number of hydrogen-bond acceptors (Lipinski definition) is 2. The normalized spacial score (nSPS) is 27.3. The van der Waals surface area contributed by atoms with Crippen molar-refractivity contribution in [3.8, 4) is 0 Å². The maximum absolute atomic E-state index is 5.76. The number of imidazole rings is 1. The van der Waals surface area contributed by atoms with Crippen LogP contribution in [0.2, 0.25) is 0 Å². The van der Waals surface area contributed by atoms with Crippen LogP contribution in [0.1, 0.15) is 24.8 Å². The van der Waals surface area contributed by atoms with Gasteiger partial charge in [-0.25, -0.2) is 4.98 Å². The topological polar surface area (TPSA) is 27.1 Å². The number of fused-ring (bicyclic) bond motifs is 1. The van der Waals surface area contributed by atoms with Crippen LogP contribution in [0.4, 0.5) is 0 Å². The summed E-state index contributed by atoms with van der Waals surface area (Å²) < 4.78 is 9.09. The summed E-state index contributed by atoms with van der Waals surface area (Å²) in [7, 11) is 0. The van der Waals surface area contributed by atoms with Crippen molar-refractivity contribution < 1.29 is 4.74 Å². The van der Waals surface area contributed by atoms with Crippen LogP contribution in [0.3, 0.4) is 0 Å². The van der Waals surface area contributed by atoms with Crippen molar-refractivity contribution >= 4 is 22.6 Å². The van der Waals surface area contributed by atoms with Crippen molar-refractivity contribution in [2.45, 2.75) is 25.5 Å². The largest absolute Gasteiger partial charge is 0.368 e. The third-order valence-electron chi connectivity index (χ3n) is 2.71. The van der Waals surface area contributed by atoms with Gasteiger partial charge in [-0.3, -0.25) is 0 Å². The van der Waals surface area contributed by atoms with Crippen molar-refractivity contribution in [3.63, 3.8) is 0 Å². The van der Waals surface area contributed by atoms with Crippen molar-refractivity contribution in [2.75, 3.05) is 6.61 Å². The van der Waals surface area contributed by atoms with Crippen LogP contribution in [-0.2, 0) is 11.3 Å². The molecule has 0 saturated heterocycles. The van der Waals surface area contributed by atoms with Gasteiger partial charge in [0.2, 0.25) is 0 Å². The number of hydrogen-bond donors (Lipinski definition) is 0. The van der Waals surface area contributed by atoms with Crippen LogP contribution in [0.15, 0.2) is 6.20 Å². The molecule has 70 valence electrons. The van der Waals surface area contributed by atoms with Gasteiger partial charge in [0, 0.05) is 12.7 Å². The molecule has 4 heteroatoms. The molecular weight excluding hydrogens is 279 g/mol. The molecule has 0 bridgehead atoms. The Labute approximate surface area is 90.6 Å². The predicted octanol–water partition coefficient (Wildman–Crippen LogP) is 1.97. The molecule has 1 aliphatic heterocycles. The second kappa shape index (κ2) is 2.95. The minimum Gasteiger partial charge on any atom is -0.368 e. The average molecular weight is 290 g/mol. The van der Waals surface area contributed by atoms with E-state index in [-0.39, 0.29) is 6.10 Å². The van der Waals surface area contributed by atoms with E-state index in [0.717, 1.165) is 28.6 Å². The minimum absolute atomic E-state index is 0.289. The van der Waals surface area contributed by atoms with Crippen LogP contribution in [0.5, 0.6) is 0 Å². The van der Waals surface area contributed by atoms with Gasteiger partial charge in [0.25, 0.3) is 0 Å². The molecule has 1 aromatic heterocycles. The fourth-order valence-corrected chi connectivity index (χ4v) is 2.49. The maximum atomic E-state index is 5.76. The van der Waals surface area contributed by atoms with E-state index in [1.165, 1.54) is 12.8 Å². The second-order valence-electron chi connectivity index (χ2n) is 3.74. The zero-order valence-corrected chi connectivity index (χ0v) is 9.40. The van der Waals surface area contributed by atoms with Gasteiger partial charge in [0.15, 0.2) is 0 Å². The van der Waals surface area contributed by atoms with Gasteiger partial charge in [-0.05, 0) is 41.4 Å². The van der Waals surface area contributed by atoms with Crippen LogP contribution < -0.4 is 0 Å². The monoisotopic (exact) mass is 290 g/mol. The molecule has 1 atom stereocenters. The van der Waals surface area contributed by atoms with Crippen LogP contribution in [0.25, 0.3) is 0 Å². The van der Waals surface area contributed by atoms with Crippen molar-refractivity contribution in [3.05, 3.63) is 15.7 Å². The van der Waals surface area contributed by atoms with Gasteiger partial charge in [0.1, 0.15) is 15.6 Å². The number of halogens is 1. The lowest BCUT2D eigenvalue weighted by Gasteiger charge is -2.23. The molecule has 3 nitrogen and oxygen atoms in total. The first-order chi connectivity index (χ1) is 6.34. The zero-order valence-electron chi connectivity index (χ0n) is 7.24. The smallest absolute Gasteiger partial charge is 0.139 e. The number of rotatable bonds is 1. The van der Waals surface area contributed by atoms with E-state index in [2.05, 4.69) is 38.3 Å². The third kappa shape index (κ3) is 1.40. The molecule has 0 radical (unpaired) electrons. The summed E-state index contributed by atoms with van der Waals surface area (Å²) in [5, 5.41) is 0. The summed E-state index contributed by atoms with van der Waals surface area (Å²) in [6.07, 6.45) is 5.04. The minimum atomic E-state index is 0.289. The lowest BCUT2D eigenvalue weighted by molar-refractivity contribution is 0.00287. The summed E-state index contributed by atoms with van der Waals surface area (Å²) in [6.45, 7) is 1.81. The molecule has 0 spiro atoms. The maximum Gasteiger partial charge on any atom is 0.139 e. The lowest BCUT2D eigenvalue weighted by Crippen LogP contribution is -2.22. The second-order valence-corrected chi connectivity index (χ2v) is 4.85. The Kier molecular flexibility index (Phi) is 1.87. The first-order valence-electron chi connectivity index (χ1n) is 4.69. The Morgan fingerprint density at radius 2 is 2.38 bits per heavy atom. The molecule has 13 heavy (non-hydrogen) atoms. The Balaban J connectivity index is 1.99. The highest BCUT2D eigenvalue weighted by molar-refractivity contribution is 14.1. The first kappa shape index (κ1) is 8.23. The molecule has 1 fully saturated rings. The highest BCUT2D eigenvalue weighted by Crippen LogP contribution is 2.44. The van der Waals surface area contributed by atoms with E-state index in [4.69, 9.17) is 4.74 Å². The third-order valence-corrected chi connectivity index (χ3v) is 3.23. The van der Waals surface area contributed by atoms with E-state index in [1.807, 2.05) is 0 Å². The Hall–Kier alpha value is -0.100. The molecular formula is C9H11IN2O. The van der Waals surface area contributed by atoms with Crippen molar-refractivity contribution in [1.29, 1.82) is 0 Å². The summed E-state index contributed by atoms with van der Waals surface area (Å²) >= 11 is 2.27. The molecule has 1 aliphatic carbocycles. The number of aromatic nitrogens is 2. The van der Waals surface area contributed by atoms with Crippen molar-refractivity contribution in [2.24, 2.45) is 5.92 Å². The van der Waals surface area contributed by atoms with E-state index in [1.54, 1.807) is 0 Å². The molecule has 0 N–H and O–H groups in total. The first-order valence-corrected chi connectivity index (χ1v) is 5.76. The summed E-state index contributed by atoms with van der Waals surface area (Å²) in [4.78, 5) is 4.52. The van der Waals surface area contributed by atoms with Crippen LogP contribution in [-0.4, -0.2) is 16.2 Å². The molecule has 2 heterocycles. The molecule has 1 aromatic rings. The van der Waals surface area contributed by atoms with Gasteiger partial charge in [-0.15, -0.1) is 0 Å². The van der Waals surface area contributed by atoms with Crippen molar-refractivity contribution in [1.82, 2.24) is 9.55 Å². The standard InChI is InChI=1S/C9H11IN2O/c10-7-5-12-3-4-13-8(6-1-2-6)9(12)11-7/h5-6,8H,1-4H2. The SMILES string of the molecule is Ic1cn2c(n1)C(C1CC1)OCC2. The van der Waals surface area contributed by atoms with Gasteiger partial charge in [-0.2, -0.15) is 0 Å². The summed E-state index contributed by atoms with van der Waals surface area (Å²) in [5.74, 6) is 1.90. The molecule has 1 saturated carbocycles. The Morgan fingerprint density at radius 1 is 1.54 bits per heavy atom. The predicted molar refractivity (Wildman–Crippen MR) is 56.4 cm³/mol. The van der Waals surface area contributed by atoms with E-state index < -0.39 is 0 Å². The zero-order chi connectivity index (χ0) is 8.84. The molecule has 2 aliphatic rings. The van der Waals surface area contributed by atoms with Gasteiger partial charge >= 0.3 is 0 Å². The molecule has 3 rings (SSSR count). The number of nitrogens with zero attached hydrogens (tertiary/aromatic N) is 2. The van der Waals surface area contributed by atoms with E-state index in [9.17, 15) is 0 Å². The van der Waals surface area contributed by atoms with Crippen LogP contribution in [0, 0.1) is 9.62 Å². The fraction of sp³-hybridized carbons (Fsp3) is 0.667. The fourth-order valence-electron chi connectivity index (χ4n) is 1.90. The molecule has 0 aromatic carbocycles. The van der Waals surface area contributed by atoms with Gasteiger partial charge in [-0.1, -0.05) is 0 Å². The van der Waals surface area contributed by atoms with E-state index >= 15 is 0 Å². The Morgan fingerprint density at radius 3 is 3.15 bits per heavy atom. The number of ether oxygens (including phenoxy) is 1. The quantitative estimate of drug-likeness (QED) is 0.739. The lowest BCUT2D eigenvalue weighted by atomic mass is 10.2. The average Bonchev–Trinajstić information content (AvgIpc) is 2.86. The summed E-state index contributed by atoms with van der Waals surface area (Å²) in [6, 6.07) is 0. The van der Waals surface area contributed by atoms with Crippen LogP contribution >= 0.6 is 22.6 Å².